The number of nitrogens with zero attached hydrogens (tertiary/aromatic N) is 1. The third-order valence-corrected chi connectivity index (χ3v) is 3.54. The number of hydrogen-bond donors (Lipinski definition) is 2. The SMILES string of the molecule is CC(C)(C)c1ccc(-c2cccc(NS(N)(=O)=O)n2)cc1. The van der Waals surface area contributed by atoms with Gasteiger partial charge in [-0.2, -0.15) is 8.42 Å². The minimum Gasteiger partial charge on any atom is -0.255 e. The van der Waals surface area contributed by atoms with Crippen LogP contribution in [0.5, 0.6) is 0 Å². The third-order valence-electron chi connectivity index (χ3n) is 3.04. The molecule has 0 aliphatic carbocycles. The van der Waals surface area contributed by atoms with Crippen LogP contribution < -0.4 is 9.86 Å². The summed E-state index contributed by atoms with van der Waals surface area (Å²) in [6, 6.07) is 13.2. The molecule has 2 rings (SSSR count). The van der Waals surface area contributed by atoms with Gasteiger partial charge in [0, 0.05) is 5.56 Å². The van der Waals surface area contributed by atoms with Gasteiger partial charge in [0.15, 0.2) is 0 Å². The molecule has 1 aromatic carbocycles. The Balaban J connectivity index is 2.32. The van der Waals surface area contributed by atoms with Crippen molar-refractivity contribution in [3.63, 3.8) is 0 Å². The zero-order valence-corrected chi connectivity index (χ0v) is 13.1. The van der Waals surface area contributed by atoms with Crippen LogP contribution in [-0.4, -0.2) is 13.4 Å². The van der Waals surface area contributed by atoms with Crippen molar-refractivity contribution in [1.29, 1.82) is 0 Å². The molecule has 0 radical (unpaired) electrons. The first kappa shape index (κ1) is 15.5. The van der Waals surface area contributed by atoms with E-state index in [1.807, 2.05) is 18.2 Å². The van der Waals surface area contributed by atoms with Gasteiger partial charge in [-0.25, -0.2) is 10.1 Å². The number of pyridine rings is 1. The van der Waals surface area contributed by atoms with E-state index in [0.29, 0.717) is 5.69 Å². The fourth-order valence-electron chi connectivity index (χ4n) is 1.94. The minimum absolute atomic E-state index is 0.0863. The Hall–Kier alpha value is -1.92. The van der Waals surface area contributed by atoms with Crippen LogP contribution >= 0.6 is 0 Å². The summed E-state index contributed by atoms with van der Waals surface area (Å²) in [6.07, 6.45) is 0. The lowest BCUT2D eigenvalue weighted by atomic mass is 9.86. The summed E-state index contributed by atoms with van der Waals surface area (Å²) >= 11 is 0. The first-order chi connectivity index (χ1) is 9.65. The highest BCUT2D eigenvalue weighted by Crippen LogP contribution is 2.25. The van der Waals surface area contributed by atoms with Gasteiger partial charge in [0.05, 0.1) is 5.69 Å². The molecule has 5 nitrogen and oxygen atoms in total. The second kappa shape index (κ2) is 5.46. The van der Waals surface area contributed by atoms with E-state index in [-0.39, 0.29) is 11.2 Å². The summed E-state index contributed by atoms with van der Waals surface area (Å²) in [5, 5.41) is 4.95. The summed E-state index contributed by atoms with van der Waals surface area (Å²) in [7, 11) is -3.81. The molecule has 0 saturated heterocycles. The molecule has 21 heavy (non-hydrogen) atoms. The van der Waals surface area contributed by atoms with Gasteiger partial charge in [-0.1, -0.05) is 51.1 Å². The summed E-state index contributed by atoms with van der Waals surface area (Å²) in [5.74, 6) is 0.204. The van der Waals surface area contributed by atoms with Gasteiger partial charge >= 0.3 is 0 Å². The molecule has 0 spiro atoms. The zero-order chi connectivity index (χ0) is 15.7. The van der Waals surface area contributed by atoms with E-state index >= 15 is 0 Å². The van der Waals surface area contributed by atoms with Gasteiger partial charge in [0.1, 0.15) is 5.82 Å². The average molecular weight is 305 g/mol. The molecule has 1 aromatic heterocycles. The monoisotopic (exact) mass is 305 g/mol. The van der Waals surface area contributed by atoms with E-state index in [1.165, 1.54) is 5.56 Å². The molecule has 0 fully saturated rings. The van der Waals surface area contributed by atoms with Gasteiger partial charge in [-0.3, -0.25) is 4.72 Å². The zero-order valence-electron chi connectivity index (χ0n) is 12.3. The molecule has 0 aliphatic rings. The Morgan fingerprint density at radius 3 is 2.19 bits per heavy atom. The maximum atomic E-state index is 11.0. The van der Waals surface area contributed by atoms with Crippen molar-refractivity contribution in [2.45, 2.75) is 26.2 Å². The van der Waals surface area contributed by atoms with Crippen LogP contribution in [0.4, 0.5) is 5.82 Å². The van der Waals surface area contributed by atoms with Crippen LogP contribution in [0, 0.1) is 0 Å². The lowest BCUT2D eigenvalue weighted by molar-refractivity contribution is 0.590. The third kappa shape index (κ3) is 4.27. The number of anilines is 1. The van der Waals surface area contributed by atoms with Crippen molar-refractivity contribution in [1.82, 2.24) is 4.98 Å². The Bertz CT molecular complexity index is 732. The van der Waals surface area contributed by atoms with E-state index in [1.54, 1.807) is 12.1 Å². The van der Waals surface area contributed by atoms with Crippen molar-refractivity contribution in [3.8, 4) is 11.3 Å². The smallest absolute Gasteiger partial charge is 0.255 e. The quantitative estimate of drug-likeness (QED) is 0.914. The first-order valence-electron chi connectivity index (χ1n) is 6.54. The number of benzene rings is 1. The van der Waals surface area contributed by atoms with Gasteiger partial charge in [-0.15, -0.1) is 0 Å². The topological polar surface area (TPSA) is 85.1 Å². The highest BCUT2D eigenvalue weighted by atomic mass is 32.2. The van der Waals surface area contributed by atoms with Gasteiger partial charge < -0.3 is 0 Å². The molecule has 0 aliphatic heterocycles. The van der Waals surface area contributed by atoms with Crippen molar-refractivity contribution in [2.75, 3.05) is 4.72 Å². The van der Waals surface area contributed by atoms with Gasteiger partial charge in [0.2, 0.25) is 0 Å². The van der Waals surface area contributed by atoms with Gasteiger partial charge in [0.25, 0.3) is 10.2 Å². The molecule has 0 bridgehead atoms. The highest BCUT2D eigenvalue weighted by Gasteiger charge is 2.13. The molecule has 112 valence electrons. The van der Waals surface area contributed by atoms with Crippen LogP contribution in [0.15, 0.2) is 42.5 Å². The summed E-state index contributed by atoms with van der Waals surface area (Å²) in [5.41, 5.74) is 2.92. The number of aromatic nitrogens is 1. The Labute approximate surface area is 125 Å². The molecule has 6 heteroatoms. The van der Waals surface area contributed by atoms with E-state index < -0.39 is 10.2 Å². The highest BCUT2D eigenvalue weighted by molar-refractivity contribution is 7.90. The Morgan fingerprint density at radius 2 is 1.67 bits per heavy atom. The van der Waals surface area contributed by atoms with Crippen molar-refractivity contribution in [3.05, 3.63) is 48.0 Å². The lowest BCUT2D eigenvalue weighted by Gasteiger charge is -2.19. The maximum Gasteiger partial charge on any atom is 0.297 e. The Morgan fingerprint density at radius 1 is 1.05 bits per heavy atom. The maximum absolute atomic E-state index is 11.0. The summed E-state index contributed by atoms with van der Waals surface area (Å²) in [4.78, 5) is 4.25. The standard InChI is InChI=1S/C15H19N3O2S/c1-15(2,3)12-9-7-11(8-10-12)13-5-4-6-14(17-13)18-21(16,19)20/h4-10H,1-3H3,(H,17,18)(H2,16,19,20). The fourth-order valence-corrected chi connectivity index (χ4v) is 2.34. The molecule has 0 atom stereocenters. The van der Waals surface area contributed by atoms with Crippen LogP contribution in [0.3, 0.4) is 0 Å². The molecule has 0 saturated carbocycles. The van der Waals surface area contributed by atoms with Crippen LogP contribution in [-0.2, 0) is 15.6 Å². The molecule has 1 heterocycles. The van der Waals surface area contributed by atoms with E-state index in [4.69, 9.17) is 5.14 Å². The summed E-state index contributed by atoms with van der Waals surface area (Å²) < 4.78 is 24.2. The molecule has 0 unspecified atom stereocenters. The predicted molar refractivity (Wildman–Crippen MR) is 85.1 cm³/mol. The molecular formula is C15H19N3O2S. The first-order valence-corrected chi connectivity index (χ1v) is 8.08. The van der Waals surface area contributed by atoms with E-state index in [9.17, 15) is 8.42 Å². The summed E-state index contributed by atoms with van der Waals surface area (Å²) in [6.45, 7) is 6.45. The number of nitrogens with one attached hydrogen (secondary N) is 1. The number of nitrogens with two attached hydrogens (primary N) is 1. The predicted octanol–water partition coefficient (Wildman–Crippen LogP) is 2.66. The van der Waals surface area contributed by atoms with Crippen molar-refractivity contribution >= 4 is 16.0 Å². The van der Waals surface area contributed by atoms with E-state index in [2.05, 4.69) is 42.6 Å². The largest absolute Gasteiger partial charge is 0.297 e. The number of rotatable bonds is 3. The number of hydrogen-bond acceptors (Lipinski definition) is 3. The van der Waals surface area contributed by atoms with Crippen molar-refractivity contribution in [2.24, 2.45) is 5.14 Å². The van der Waals surface area contributed by atoms with Gasteiger partial charge in [-0.05, 0) is 23.1 Å². The average Bonchev–Trinajstić information content (AvgIpc) is 2.36. The lowest BCUT2D eigenvalue weighted by Crippen LogP contribution is -2.22. The molecular weight excluding hydrogens is 286 g/mol. The second-order valence-corrected chi connectivity index (χ2v) is 7.18. The van der Waals surface area contributed by atoms with E-state index in [0.717, 1.165) is 5.56 Å². The van der Waals surface area contributed by atoms with Crippen LogP contribution in [0.1, 0.15) is 26.3 Å². The normalized spacial score (nSPS) is 12.2. The van der Waals surface area contributed by atoms with Crippen LogP contribution in [0.2, 0.25) is 0 Å². The Kier molecular flexibility index (Phi) is 4.02. The molecule has 3 N–H and O–H groups in total. The molecule has 2 aromatic rings. The van der Waals surface area contributed by atoms with Crippen molar-refractivity contribution < 1.29 is 8.42 Å². The fraction of sp³-hybridized carbons (Fsp3) is 0.267. The van der Waals surface area contributed by atoms with Crippen LogP contribution in [0.25, 0.3) is 11.3 Å². The molecule has 0 amide bonds. The minimum atomic E-state index is -3.81. The second-order valence-electron chi connectivity index (χ2n) is 5.88.